The smallest absolute Gasteiger partial charge is 0.253 e. The van der Waals surface area contributed by atoms with Gasteiger partial charge in [0.05, 0.1) is 15.8 Å². The Bertz CT molecular complexity index is 793. The fraction of sp³-hybridized carbons (Fsp3) is 0.222. The number of hydrogen-bond donors (Lipinski definition) is 1. The van der Waals surface area contributed by atoms with E-state index in [1.54, 1.807) is 17.5 Å². The van der Waals surface area contributed by atoms with Gasteiger partial charge in [-0.3, -0.25) is 9.78 Å². The van der Waals surface area contributed by atoms with Crippen molar-refractivity contribution >= 4 is 27.5 Å². The number of nitrogens with zero attached hydrogens (tertiary/aromatic N) is 1. The van der Waals surface area contributed by atoms with Gasteiger partial charge in [0.15, 0.2) is 0 Å². The minimum atomic E-state index is -0.317. The van der Waals surface area contributed by atoms with E-state index in [0.717, 1.165) is 16.6 Å². The lowest BCUT2D eigenvalue weighted by Gasteiger charge is -2.26. The summed E-state index contributed by atoms with van der Waals surface area (Å²) in [5.74, 6) is -0.0799. The maximum absolute atomic E-state index is 12.5. The zero-order valence-corrected chi connectivity index (χ0v) is 13.5. The van der Waals surface area contributed by atoms with Crippen molar-refractivity contribution in [2.45, 2.75) is 25.8 Å². The number of aromatic nitrogens is 1. The van der Waals surface area contributed by atoms with Gasteiger partial charge in [-0.25, -0.2) is 0 Å². The van der Waals surface area contributed by atoms with E-state index in [4.69, 9.17) is 0 Å². The average Bonchev–Trinajstić information content (AvgIpc) is 2.94. The lowest BCUT2D eigenvalue weighted by molar-refractivity contribution is 0.0913. The molecule has 0 spiro atoms. The highest BCUT2D eigenvalue weighted by Gasteiger charge is 2.22. The molecule has 0 aliphatic heterocycles. The highest BCUT2D eigenvalue weighted by molar-refractivity contribution is 7.17. The number of carbonyl (C=O) groups excluding carboxylic acids is 1. The summed E-state index contributed by atoms with van der Waals surface area (Å²) in [6, 6.07) is 14.0. The zero-order chi connectivity index (χ0) is 15.6. The molecule has 3 nitrogen and oxygen atoms in total. The quantitative estimate of drug-likeness (QED) is 0.790. The number of rotatable bonds is 4. The van der Waals surface area contributed by atoms with Gasteiger partial charge in [0.1, 0.15) is 0 Å². The highest BCUT2D eigenvalue weighted by Crippen LogP contribution is 2.20. The highest BCUT2D eigenvalue weighted by atomic mass is 32.1. The van der Waals surface area contributed by atoms with Crippen molar-refractivity contribution in [2.75, 3.05) is 0 Å². The summed E-state index contributed by atoms with van der Waals surface area (Å²) in [5, 5.41) is 5.09. The summed E-state index contributed by atoms with van der Waals surface area (Å²) in [5.41, 5.74) is 2.43. The summed E-state index contributed by atoms with van der Waals surface area (Å²) < 4.78 is 1.04. The first-order valence-electron chi connectivity index (χ1n) is 7.23. The van der Waals surface area contributed by atoms with Crippen LogP contribution in [0.4, 0.5) is 0 Å². The minimum Gasteiger partial charge on any atom is -0.347 e. The van der Waals surface area contributed by atoms with Gasteiger partial charge in [-0.15, -0.1) is 11.3 Å². The molecule has 1 N–H and O–H groups in total. The maximum Gasteiger partial charge on any atom is 0.253 e. The van der Waals surface area contributed by atoms with Crippen LogP contribution in [0.3, 0.4) is 0 Å². The Morgan fingerprint density at radius 3 is 2.77 bits per heavy atom. The van der Waals surface area contributed by atoms with Gasteiger partial charge in [-0.2, -0.15) is 0 Å². The third kappa shape index (κ3) is 3.34. The second-order valence-electron chi connectivity index (χ2n) is 6.03. The van der Waals surface area contributed by atoms with Crippen LogP contribution in [0.15, 0.2) is 54.0 Å². The molecule has 0 atom stereocenters. The van der Waals surface area contributed by atoms with Crippen LogP contribution in [-0.4, -0.2) is 16.4 Å². The third-order valence-electron chi connectivity index (χ3n) is 3.51. The number of thiophene rings is 1. The molecule has 2 aromatic heterocycles. The largest absolute Gasteiger partial charge is 0.347 e. The summed E-state index contributed by atoms with van der Waals surface area (Å²) in [7, 11) is 0. The van der Waals surface area contributed by atoms with Crippen molar-refractivity contribution in [1.29, 1.82) is 0 Å². The van der Waals surface area contributed by atoms with E-state index in [0.29, 0.717) is 5.56 Å². The predicted molar refractivity (Wildman–Crippen MR) is 91.3 cm³/mol. The molecular formula is C18H18N2OS. The molecule has 112 valence electrons. The number of amides is 1. The van der Waals surface area contributed by atoms with Gasteiger partial charge >= 0.3 is 0 Å². The molecule has 0 bridgehead atoms. The summed E-state index contributed by atoms with van der Waals surface area (Å²) in [6.07, 6.45) is 2.43. The van der Waals surface area contributed by atoms with Crippen LogP contribution in [0.25, 0.3) is 10.2 Å². The molecule has 3 aromatic rings. The Kier molecular flexibility index (Phi) is 3.94. The fourth-order valence-electron chi connectivity index (χ4n) is 2.50. The van der Waals surface area contributed by atoms with Gasteiger partial charge < -0.3 is 5.32 Å². The first-order valence-corrected chi connectivity index (χ1v) is 8.11. The maximum atomic E-state index is 12.5. The van der Waals surface area contributed by atoms with Crippen LogP contribution in [-0.2, 0) is 6.42 Å². The molecule has 0 radical (unpaired) electrons. The fourth-order valence-corrected chi connectivity index (χ4v) is 3.28. The van der Waals surface area contributed by atoms with Crippen molar-refractivity contribution in [2.24, 2.45) is 0 Å². The van der Waals surface area contributed by atoms with Crippen LogP contribution in [0.5, 0.6) is 0 Å². The van der Waals surface area contributed by atoms with Gasteiger partial charge in [-0.05, 0) is 43.3 Å². The normalized spacial score (nSPS) is 11.5. The first-order chi connectivity index (χ1) is 10.5. The predicted octanol–water partition coefficient (Wildman–Crippen LogP) is 4.05. The Balaban J connectivity index is 1.74. The number of carbonyl (C=O) groups is 1. The molecule has 22 heavy (non-hydrogen) atoms. The molecular weight excluding hydrogens is 292 g/mol. The molecule has 0 aliphatic carbocycles. The van der Waals surface area contributed by atoms with E-state index in [-0.39, 0.29) is 11.4 Å². The molecule has 3 rings (SSSR count). The standard InChI is InChI=1S/C18H18N2OS/c1-18(2,11-13-6-4-3-5-7-13)20-17(21)14-10-16-15(19-12-14)8-9-22-16/h3-10,12H,11H2,1-2H3,(H,20,21). The Morgan fingerprint density at radius 2 is 2.00 bits per heavy atom. The zero-order valence-electron chi connectivity index (χ0n) is 12.7. The van der Waals surface area contributed by atoms with E-state index >= 15 is 0 Å². The van der Waals surface area contributed by atoms with Crippen LogP contribution < -0.4 is 5.32 Å². The van der Waals surface area contributed by atoms with E-state index in [2.05, 4.69) is 22.4 Å². The van der Waals surface area contributed by atoms with Crippen LogP contribution in [0.2, 0.25) is 0 Å². The van der Waals surface area contributed by atoms with Gasteiger partial charge in [0.2, 0.25) is 0 Å². The van der Waals surface area contributed by atoms with Crippen molar-refractivity contribution in [3.05, 3.63) is 65.2 Å². The lowest BCUT2D eigenvalue weighted by Crippen LogP contribution is -2.45. The second-order valence-corrected chi connectivity index (χ2v) is 6.98. The van der Waals surface area contributed by atoms with Crippen molar-refractivity contribution in [3.63, 3.8) is 0 Å². The molecule has 1 aromatic carbocycles. The molecule has 1 amide bonds. The second kappa shape index (κ2) is 5.89. The molecule has 0 saturated carbocycles. The van der Waals surface area contributed by atoms with Crippen molar-refractivity contribution in [3.8, 4) is 0 Å². The number of hydrogen-bond acceptors (Lipinski definition) is 3. The topological polar surface area (TPSA) is 42.0 Å². The van der Waals surface area contributed by atoms with Crippen LogP contribution in [0.1, 0.15) is 29.8 Å². The molecule has 4 heteroatoms. The Morgan fingerprint density at radius 1 is 1.23 bits per heavy atom. The van der Waals surface area contributed by atoms with Gasteiger partial charge in [0.25, 0.3) is 5.91 Å². The van der Waals surface area contributed by atoms with Gasteiger partial charge in [0, 0.05) is 11.7 Å². The van der Waals surface area contributed by atoms with Crippen molar-refractivity contribution < 1.29 is 4.79 Å². The summed E-state index contributed by atoms with van der Waals surface area (Å²) in [6.45, 7) is 4.07. The molecule has 0 saturated heterocycles. The SMILES string of the molecule is CC(C)(Cc1ccccc1)NC(=O)c1cnc2ccsc2c1. The van der Waals surface area contributed by atoms with Gasteiger partial charge in [-0.1, -0.05) is 30.3 Å². The van der Waals surface area contributed by atoms with E-state index in [1.165, 1.54) is 5.56 Å². The Labute approximate surface area is 134 Å². The van der Waals surface area contributed by atoms with E-state index < -0.39 is 0 Å². The first kappa shape index (κ1) is 14.7. The number of fused-ring (bicyclic) bond motifs is 1. The number of pyridine rings is 1. The lowest BCUT2D eigenvalue weighted by atomic mass is 9.94. The summed E-state index contributed by atoms with van der Waals surface area (Å²) >= 11 is 1.60. The molecule has 0 aliphatic rings. The average molecular weight is 310 g/mol. The van der Waals surface area contributed by atoms with Crippen molar-refractivity contribution in [1.82, 2.24) is 10.3 Å². The number of nitrogens with one attached hydrogen (secondary N) is 1. The monoisotopic (exact) mass is 310 g/mol. The number of benzene rings is 1. The molecule has 0 fully saturated rings. The third-order valence-corrected chi connectivity index (χ3v) is 4.36. The van der Waals surface area contributed by atoms with E-state index in [1.807, 2.05) is 49.6 Å². The minimum absolute atomic E-state index is 0.0799. The van der Waals surface area contributed by atoms with Crippen LogP contribution >= 0.6 is 11.3 Å². The van der Waals surface area contributed by atoms with Crippen LogP contribution in [0, 0.1) is 0 Å². The summed E-state index contributed by atoms with van der Waals surface area (Å²) in [4.78, 5) is 16.8. The Hall–Kier alpha value is -2.20. The molecule has 0 unspecified atom stereocenters. The molecule has 2 heterocycles. The van der Waals surface area contributed by atoms with E-state index in [9.17, 15) is 4.79 Å².